The van der Waals surface area contributed by atoms with Crippen molar-refractivity contribution in [1.82, 2.24) is 0 Å². The van der Waals surface area contributed by atoms with Crippen LogP contribution < -0.4 is 5.46 Å². The van der Waals surface area contributed by atoms with Crippen LogP contribution in [0.1, 0.15) is 5.56 Å². The van der Waals surface area contributed by atoms with E-state index in [1.807, 2.05) is 12.1 Å². The van der Waals surface area contributed by atoms with Crippen molar-refractivity contribution in [3.05, 3.63) is 28.2 Å². The molecule has 1 aromatic rings. The summed E-state index contributed by atoms with van der Waals surface area (Å²) < 4.78 is 6.24. The van der Waals surface area contributed by atoms with Crippen LogP contribution in [0.4, 0.5) is 0 Å². The van der Waals surface area contributed by atoms with Crippen LogP contribution in [-0.2, 0) is 11.3 Å². The van der Waals surface area contributed by atoms with Gasteiger partial charge in [0.15, 0.2) is 0 Å². The van der Waals surface area contributed by atoms with Gasteiger partial charge in [0.2, 0.25) is 0 Å². The summed E-state index contributed by atoms with van der Waals surface area (Å²) in [5, 5.41) is 0. The van der Waals surface area contributed by atoms with Gasteiger partial charge in [-0.15, -0.1) is 0 Å². The van der Waals surface area contributed by atoms with Crippen molar-refractivity contribution >= 4 is 28.9 Å². The Morgan fingerprint density at radius 3 is 3.30 bits per heavy atom. The Kier molecular flexibility index (Phi) is 1.55. The number of rotatable bonds is 0. The topological polar surface area (TPSA) is 9.23 Å². The summed E-state index contributed by atoms with van der Waals surface area (Å²) in [4.78, 5) is 0. The normalized spacial score (nSPS) is 14.5. The lowest BCUT2D eigenvalue weighted by molar-refractivity contribution is 0.345. The van der Waals surface area contributed by atoms with Crippen LogP contribution in [0.15, 0.2) is 22.7 Å². The van der Waals surface area contributed by atoms with E-state index in [0.29, 0.717) is 0 Å². The van der Waals surface area contributed by atoms with E-state index in [-0.39, 0.29) is 0 Å². The number of halogens is 1. The minimum Gasteiger partial charge on any atom is -0.430 e. The zero-order chi connectivity index (χ0) is 6.97. The highest BCUT2D eigenvalue weighted by Crippen LogP contribution is 2.13. The van der Waals surface area contributed by atoms with Crippen LogP contribution in [0.5, 0.6) is 0 Å². The molecule has 0 fully saturated rings. The Hall–Kier alpha value is -0.275. The molecule has 49 valence electrons. The molecule has 1 radical (unpaired) electrons. The Bertz CT molecular complexity index is 262. The highest BCUT2D eigenvalue weighted by Gasteiger charge is 2.11. The second kappa shape index (κ2) is 2.40. The van der Waals surface area contributed by atoms with Gasteiger partial charge in [0.25, 0.3) is 0 Å². The van der Waals surface area contributed by atoms with Gasteiger partial charge in [-0.05, 0) is 23.2 Å². The first kappa shape index (κ1) is 6.44. The molecule has 0 saturated carbocycles. The average Bonchev–Trinajstić information content (AvgIpc) is 2.33. The van der Waals surface area contributed by atoms with Crippen molar-refractivity contribution in [2.24, 2.45) is 0 Å². The first-order chi connectivity index (χ1) is 4.86. The lowest BCUT2D eigenvalue weighted by Crippen LogP contribution is -2.10. The monoisotopic (exact) mass is 195 g/mol. The molecule has 0 saturated heterocycles. The fourth-order valence-electron chi connectivity index (χ4n) is 1.04. The number of fused-ring (bicyclic) bond motifs is 1. The standard InChI is InChI=1S/C7H5BBrO/c9-6-1-2-7-5(3-6)4-10-8-7/h1-3H,4H2. The molecule has 1 aliphatic rings. The van der Waals surface area contributed by atoms with Gasteiger partial charge < -0.3 is 4.65 Å². The summed E-state index contributed by atoms with van der Waals surface area (Å²) in [6, 6.07) is 6.15. The van der Waals surface area contributed by atoms with E-state index in [2.05, 4.69) is 22.0 Å². The second-order valence-electron chi connectivity index (χ2n) is 2.27. The maximum Gasteiger partial charge on any atom is 0.330 e. The lowest BCUT2D eigenvalue weighted by Gasteiger charge is -1.95. The highest BCUT2D eigenvalue weighted by atomic mass is 79.9. The largest absolute Gasteiger partial charge is 0.430 e. The second-order valence-corrected chi connectivity index (χ2v) is 3.19. The third-order valence-electron chi connectivity index (χ3n) is 1.55. The fourth-order valence-corrected chi connectivity index (χ4v) is 1.44. The number of hydrogen-bond donors (Lipinski definition) is 0. The molecule has 0 atom stereocenters. The minimum absolute atomic E-state index is 0.717. The molecule has 0 N–H and O–H groups in total. The van der Waals surface area contributed by atoms with Gasteiger partial charge in [0.1, 0.15) is 0 Å². The van der Waals surface area contributed by atoms with Crippen LogP contribution in [0.25, 0.3) is 0 Å². The Labute approximate surface area is 68.8 Å². The first-order valence-electron chi connectivity index (χ1n) is 3.09. The Morgan fingerprint density at radius 1 is 1.50 bits per heavy atom. The third kappa shape index (κ3) is 0.996. The summed E-state index contributed by atoms with van der Waals surface area (Å²) in [7, 11) is 1.79. The van der Waals surface area contributed by atoms with E-state index in [9.17, 15) is 0 Å². The molecule has 10 heavy (non-hydrogen) atoms. The summed E-state index contributed by atoms with van der Waals surface area (Å²) >= 11 is 3.40. The summed E-state index contributed by atoms with van der Waals surface area (Å²) in [5.41, 5.74) is 2.46. The molecule has 0 spiro atoms. The summed E-state index contributed by atoms with van der Waals surface area (Å²) in [6.45, 7) is 0.717. The van der Waals surface area contributed by atoms with E-state index in [1.54, 1.807) is 7.48 Å². The van der Waals surface area contributed by atoms with Gasteiger partial charge in [-0.1, -0.05) is 22.0 Å². The smallest absolute Gasteiger partial charge is 0.330 e. The van der Waals surface area contributed by atoms with E-state index < -0.39 is 0 Å². The molecule has 0 unspecified atom stereocenters. The molecule has 1 nitrogen and oxygen atoms in total. The van der Waals surface area contributed by atoms with Crippen LogP contribution in [0, 0.1) is 0 Å². The molecule has 0 aromatic heterocycles. The zero-order valence-electron chi connectivity index (χ0n) is 5.30. The van der Waals surface area contributed by atoms with Crippen molar-refractivity contribution in [3.8, 4) is 0 Å². The molecule has 0 bridgehead atoms. The zero-order valence-corrected chi connectivity index (χ0v) is 6.89. The van der Waals surface area contributed by atoms with E-state index in [1.165, 1.54) is 11.0 Å². The predicted molar refractivity (Wildman–Crippen MR) is 44.3 cm³/mol. The maximum atomic E-state index is 5.12. The molecule has 3 heteroatoms. The molecule has 1 heterocycles. The van der Waals surface area contributed by atoms with Crippen molar-refractivity contribution in [2.45, 2.75) is 6.61 Å². The molecule has 1 aromatic carbocycles. The van der Waals surface area contributed by atoms with E-state index >= 15 is 0 Å². The van der Waals surface area contributed by atoms with Crippen LogP contribution in [-0.4, -0.2) is 7.48 Å². The number of benzene rings is 1. The molecule has 0 amide bonds. The van der Waals surface area contributed by atoms with Crippen molar-refractivity contribution in [1.29, 1.82) is 0 Å². The third-order valence-corrected chi connectivity index (χ3v) is 2.05. The Morgan fingerprint density at radius 2 is 2.40 bits per heavy atom. The van der Waals surface area contributed by atoms with E-state index in [0.717, 1.165) is 11.1 Å². The lowest BCUT2D eigenvalue weighted by atomic mass is 9.88. The molecular formula is C7H5BBrO. The first-order valence-corrected chi connectivity index (χ1v) is 3.89. The summed E-state index contributed by atoms with van der Waals surface area (Å²) in [5.74, 6) is 0. The van der Waals surface area contributed by atoms with E-state index in [4.69, 9.17) is 4.65 Å². The fraction of sp³-hybridized carbons (Fsp3) is 0.143. The summed E-state index contributed by atoms with van der Waals surface area (Å²) in [6.07, 6.45) is 0. The van der Waals surface area contributed by atoms with Gasteiger partial charge in [-0.25, -0.2) is 0 Å². The van der Waals surface area contributed by atoms with Gasteiger partial charge in [0, 0.05) is 4.47 Å². The SMILES string of the molecule is Brc1ccc2c(c1)CO[B]2. The highest BCUT2D eigenvalue weighted by molar-refractivity contribution is 9.10. The van der Waals surface area contributed by atoms with Gasteiger partial charge in [-0.3, -0.25) is 0 Å². The maximum absolute atomic E-state index is 5.12. The Balaban J connectivity index is 2.52. The van der Waals surface area contributed by atoms with Gasteiger partial charge in [0.05, 0.1) is 6.61 Å². The minimum atomic E-state index is 0.717. The van der Waals surface area contributed by atoms with Gasteiger partial charge in [-0.2, -0.15) is 0 Å². The van der Waals surface area contributed by atoms with Crippen LogP contribution in [0.3, 0.4) is 0 Å². The molecule has 2 rings (SSSR count). The van der Waals surface area contributed by atoms with Crippen LogP contribution in [0.2, 0.25) is 0 Å². The molecule has 1 aliphatic heterocycles. The van der Waals surface area contributed by atoms with Gasteiger partial charge >= 0.3 is 7.48 Å². The van der Waals surface area contributed by atoms with Crippen molar-refractivity contribution < 1.29 is 4.65 Å². The predicted octanol–water partition coefficient (Wildman–Crippen LogP) is 1.22. The average molecular weight is 196 g/mol. The number of hydrogen-bond acceptors (Lipinski definition) is 1. The van der Waals surface area contributed by atoms with Crippen molar-refractivity contribution in [2.75, 3.05) is 0 Å². The molecular weight excluding hydrogens is 191 g/mol. The van der Waals surface area contributed by atoms with Crippen LogP contribution >= 0.6 is 15.9 Å². The quantitative estimate of drug-likeness (QED) is 0.566. The van der Waals surface area contributed by atoms with Crippen molar-refractivity contribution in [3.63, 3.8) is 0 Å². The molecule has 0 aliphatic carbocycles.